The Kier molecular flexibility index (Phi) is 4.16. The Bertz CT molecular complexity index is 1080. The smallest absolute Gasteiger partial charge is 0.200 e. The Labute approximate surface area is 154 Å². The zero-order valence-corrected chi connectivity index (χ0v) is 15.5. The second-order valence-corrected chi connectivity index (χ2v) is 7.45. The van der Waals surface area contributed by atoms with Crippen LogP contribution in [-0.4, -0.2) is 30.8 Å². The summed E-state index contributed by atoms with van der Waals surface area (Å²) in [6.45, 7) is 3.83. The minimum absolute atomic E-state index is 0.0764. The molecule has 0 amide bonds. The predicted molar refractivity (Wildman–Crippen MR) is 101 cm³/mol. The maximum absolute atomic E-state index is 13.1. The number of benzene rings is 1. The van der Waals surface area contributed by atoms with Gasteiger partial charge >= 0.3 is 0 Å². The number of Topliss-reactive ketones (excluding diaryl/α,β-unsaturated/α-hetero) is 1. The van der Waals surface area contributed by atoms with Crippen LogP contribution in [0.3, 0.4) is 0 Å². The monoisotopic (exact) mass is 366 g/mol. The first-order valence-electron chi connectivity index (χ1n) is 8.27. The van der Waals surface area contributed by atoms with E-state index in [1.165, 1.54) is 11.8 Å². The Morgan fingerprint density at radius 3 is 2.81 bits per heavy atom. The zero-order valence-electron chi connectivity index (χ0n) is 14.7. The number of fused-ring (bicyclic) bond motifs is 1. The minimum atomic E-state index is -0.291. The van der Waals surface area contributed by atoms with Gasteiger partial charge in [0.15, 0.2) is 22.5 Å². The Morgan fingerprint density at radius 2 is 2.04 bits per heavy atom. The number of nitrogens with one attached hydrogen (secondary N) is 1. The molecule has 0 bridgehead atoms. The molecule has 132 valence electrons. The molecule has 0 spiro atoms. The van der Waals surface area contributed by atoms with E-state index in [0.717, 1.165) is 22.2 Å². The molecule has 0 aliphatic carbocycles. The number of hydrogen-bond donors (Lipinski definition) is 1. The number of ketones is 1. The molecule has 1 aromatic carbocycles. The number of nitrogens with zero attached hydrogens (tertiary/aromatic N) is 3. The highest BCUT2D eigenvalue weighted by Gasteiger charge is 2.24. The van der Waals surface area contributed by atoms with Gasteiger partial charge in [-0.2, -0.15) is 0 Å². The van der Waals surface area contributed by atoms with Crippen LogP contribution < -0.4 is 0 Å². The van der Waals surface area contributed by atoms with Crippen LogP contribution in [0.5, 0.6) is 0 Å². The summed E-state index contributed by atoms with van der Waals surface area (Å²) in [6.07, 6.45) is 1.60. The van der Waals surface area contributed by atoms with Gasteiger partial charge in [-0.05, 0) is 32.0 Å². The van der Waals surface area contributed by atoms with Crippen molar-refractivity contribution in [3.63, 3.8) is 0 Å². The van der Waals surface area contributed by atoms with E-state index in [-0.39, 0.29) is 11.0 Å². The molecule has 0 unspecified atom stereocenters. The van der Waals surface area contributed by atoms with E-state index in [1.807, 2.05) is 61.9 Å². The summed E-state index contributed by atoms with van der Waals surface area (Å²) in [5, 5.41) is 9.74. The summed E-state index contributed by atoms with van der Waals surface area (Å²) < 4.78 is 7.23. The van der Waals surface area contributed by atoms with Crippen LogP contribution in [0.1, 0.15) is 23.0 Å². The average Bonchev–Trinajstić information content (AvgIpc) is 3.33. The first kappa shape index (κ1) is 16.7. The number of H-pyrrole nitrogens is 1. The van der Waals surface area contributed by atoms with E-state index in [1.54, 1.807) is 6.26 Å². The fraction of sp³-hybridized carbons (Fsp3) is 0.211. The van der Waals surface area contributed by atoms with E-state index in [4.69, 9.17) is 4.42 Å². The highest BCUT2D eigenvalue weighted by molar-refractivity contribution is 8.00. The van der Waals surface area contributed by atoms with Gasteiger partial charge in [0.25, 0.3) is 0 Å². The van der Waals surface area contributed by atoms with Gasteiger partial charge in [-0.3, -0.25) is 4.79 Å². The van der Waals surface area contributed by atoms with Crippen molar-refractivity contribution in [3.8, 4) is 11.6 Å². The molecule has 26 heavy (non-hydrogen) atoms. The van der Waals surface area contributed by atoms with Crippen molar-refractivity contribution in [2.75, 3.05) is 0 Å². The van der Waals surface area contributed by atoms with Crippen LogP contribution in [0.15, 0.2) is 52.2 Å². The van der Waals surface area contributed by atoms with Gasteiger partial charge in [-0.1, -0.05) is 30.0 Å². The van der Waals surface area contributed by atoms with Crippen LogP contribution in [0, 0.1) is 6.92 Å². The standard InChI is InChI=1S/C19H18N4O2S/c1-11-16(13-7-4-5-8-14(13)20-11)17(24)12(2)26-19-22-21-18(23(19)3)15-9-6-10-25-15/h4-10,12,20H,1-3H3/t12-/m1/s1. The van der Waals surface area contributed by atoms with E-state index in [9.17, 15) is 4.79 Å². The SMILES string of the molecule is Cc1[nH]c2ccccc2c1C(=O)[C@@H](C)Sc1nnc(-c2ccco2)n1C. The summed E-state index contributed by atoms with van der Waals surface area (Å²) in [4.78, 5) is 16.4. The Hall–Kier alpha value is -2.80. The number of carbonyl (C=O) groups excluding carboxylic acids is 1. The second-order valence-electron chi connectivity index (χ2n) is 6.14. The number of aromatic nitrogens is 4. The third-order valence-corrected chi connectivity index (χ3v) is 5.50. The molecule has 3 heterocycles. The third kappa shape index (κ3) is 2.74. The van der Waals surface area contributed by atoms with Crippen molar-refractivity contribution in [1.82, 2.24) is 19.7 Å². The van der Waals surface area contributed by atoms with Crippen molar-refractivity contribution in [2.24, 2.45) is 7.05 Å². The van der Waals surface area contributed by atoms with Crippen LogP contribution in [-0.2, 0) is 7.05 Å². The largest absolute Gasteiger partial charge is 0.461 e. The molecule has 7 heteroatoms. The number of furan rings is 1. The molecule has 4 rings (SSSR count). The number of para-hydroxylation sites is 1. The van der Waals surface area contributed by atoms with Crippen LogP contribution in [0.2, 0.25) is 0 Å². The zero-order chi connectivity index (χ0) is 18.3. The van der Waals surface area contributed by atoms with E-state index in [0.29, 0.717) is 16.7 Å². The van der Waals surface area contributed by atoms with Crippen LogP contribution in [0.25, 0.3) is 22.5 Å². The number of carbonyl (C=O) groups is 1. The van der Waals surface area contributed by atoms with Gasteiger partial charge in [-0.15, -0.1) is 10.2 Å². The first-order valence-corrected chi connectivity index (χ1v) is 9.15. The predicted octanol–water partition coefficient (Wildman–Crippen LogP) is 4.23. The van der Waals surface area contributed by atoms with E-state index >= 15 is 0 Å². The molecule has 1 N–H and O–H groups in total. The van der Waals surface area contributed by atoms with Crippen LogP contribution >= 0.6 is 11.8 Å². The van der Waals surface area contributed by atoms with E-state index in [2.05, 4.69) is 15.2 Å². The molecule has 0 fully saturated rings. The molecule has 3 aromatic heterocycles. The molecule has 0 aliphatic rings. The van der Waals surface area contributed by atoms with Gasteiger partial charge in [0.2, 0.25) is 0 Å². The van der Waals surface area contributed by atoms with Crippen molar-refractivity contribution in [1.29, 1.82) is 0 Å². The Balaban J connectivity index is 1.61. The highest BCUT2D eigenvalue weighted by Crippen LogP contribution is 2.30. The molecule has 0 aliphatic heterocycles. The average molecular weight is 366 g/mol. The molecule has 4 aromatic rings. The minimum Gasteiger partial charge on any atom is -0.461 e. The second kappa shape index (κ2) is 6.49. The Morgan fingerprint density at radius 1 is 1.23 bits per heavy atom. The van der Waals surface area contributed by atoms with Crippen molar-refractivity contribution >= 4 is 28.4 Å². The lowest BCUT2D eigenvalue weighted by molar-refractivity contribution is 0.0995. The molecule has 0 radical (unpaired) electrons. The van der Waals surface area contributed by atoms with Gasteiger partial charge in [0.05, 0.1) is 11.5 Å². The molecule has 0 saturated carbocycles. The summed E-state index contributed by atoms with van der Waals surface area (Å²) in [5.74, 6) is 1.37. The van der Waals surface area contributed by atoms with Crippen molar-refractivity contribution in [2.45, 2.75) is 24.3 Å². The molecular formula is C19H18N4O2S. The lowest BCUT2D eigenvalue weighted by Crippen LogP contribution is -2.15. The maximum atomic E-state index is 13.1. The fourth-order valence-corrected chi connectivity index (χ4v) is 3.92. The van der Waals surface area contributed by atoms with E-state index < -0.39 is 0 Å². The number of aryl methyl sites for hydroxylation is 1. The molecule has 6 nitrogen and oxygen atoms in total. The lowest BCUT2D eigenvalue weighted by atomic mass is 10.1. The highest BCUT2D eigenvalue weighted by atomic mass is 32.2. The maximum Gasteiger partial charge on any atom is 0.200 e. The number of hydrogen-bond acceptors (Lipinski definition) is 5. The van der Waals surface area contributed by atoms with Gasteiger partial charge in [0.1, 0.15) is 0 Å². The molecular weight excluding hydrogens is 348 g/mol. The first-order chi connectivity index (χ1) is 12.6. The normalized spacial score (nSPS) is 12.6. The number of aromatic amines is 1. The fourth-order valence-electron chi connectivity index (χ4n) is 3.05. The number of rotatable bonds is 5. The molecule has 0 saturated heterocycles. The van der Waals surface area contributed by atoms with Gasteiger partial charge < -0.3 is 14.0 Å². The van der Waals surface area contributed by atoms with Gasteiger partial charge in [-0.25, -0.2) is 0 Å². The number of thioether (sulfide) groups is 1. The van der Waals surface area contributed by atoms with Crippen LogP contribution in [0.4, 0.5) is 0 Å². The summed E-state index contributed by atoms with van der Waals surface area (Å²) in [5.41, 5.74) is 2.61. The quantitative estimate of drug-likeness (QED) is 0.422. The summed E-state index contributed by atoms with van der Waals surface area (Å²) >= 11 is 1.40. The third-order valence-electron chi connectivity index (χ3n) is 4.37. The summed E-state index contributed by atoms with van der Waals surface area (Å²) in [6, 6.07) is 11.5. The van der Waals surface area contributed by atoms with Crippen molar-refractivity contribution < 1.29 is 9.21 Å². The van der Waals surface area contributed by atoms with Crippen molar-refractivity contribution in [3.05, 3.63) is 53.9 Å². The summed E-state index contributed by atoms with van der Waals surface area (Å²) in [7, 11) is 1.87. The van der Waals surface area contributed by atoms with Gasteiger partial charge in [0, 0.05) is 29.2 Å². The lowest BCUT2D eigenvalue weighted by Gasteiger charge is -2.10. The molecule has 1 atom stereocenters. The topological polar surface area (TPSA) is 76.7 Å².